The number of carbonyl (C=O) groups excluding carboxylic acids is 1. The summed E-state index contributed by atoms with van der Waals surface area (Å²) in [6.45, 7) is 3.95. The third-order valence-electron chi connectivity index (χ3n) is 5.69. The molecule has 2 aliphatic rings. The maximum Gasteiger partial charge on any atom is 0.243 e. The topological polar surface area (TPSA) is 60.9 Å². The van der Waals surface area contributed by atoms with Gasteiger partial charge in [-0.1, -0.05) is 30.3 Å². The minimum atomic E-state index is -3.52. The Hall–Kier alpha value is -2.22. The van der Waals surface area contributed by atoms with Gasteiger partial charge >= 0.3 is 0 Å². The summed E-state index contributed by atoms with van der Waals surface area (Å²) >= 11 is 0. The Labute approximate surface area is 172 Å². The van der Waals surface area contributed by atoms with E-state index in [1.165, 1.54) is 5.56 Å². The molecule has 0 aromatic heterocycles. The molecule has 2 fully saturated rings. The monoisotopic (exact) mass is 413 g/mol. The molecule has 2 heterocycles. The summed E-state index contributed by atoms with van der Waals surface area (Å²) < 4.78 is 27.6. The molecular weight excluding hydrogens is 386 g/mol. The SMILES string of the molecule is O=C1CCCCN1c1ccc(S(=O)(=O)N2CCN(Cc3ccccc3)CC2)cc1. The average Bonchev–Trinajstić information content (AvgIpc) is 2.75. The van der Waals surface area contributed by atoms with E-state index in [1.807, 2.05) is 18.2 Å². The predicted octanol–water partition coefficient (Wildman–Crippen LogP) is 2.71. The van der Waals surface area contributed by atoms with Gasteiger partial charge in [0.05, 0.1) is 4.90 Å². The summed E-state index contributed by atoms with van der Waals surface area (Å²) in [7, 11) is -3.52. The average molecular weight is 414 g/mol. The van der Waals surface area contributed by atoms with Gasteiger partial charge in [-0.25, -0.2) is 8.42 Å². The summed E-state index contributed by atoms with van der Waals surface area (Å²) in [5.74, 6) is 0.112. The van der Waals surface area contributed by atoms with E-state index in [0.717, 1.165) is 25.1 Å². The summed E-state index contributed by atoms with van der Waals surface area (Å²) in [4.78, 5) is 16.4. The van der Waals surface area contributed by atoms with Crippen LogP contribution in [0.3, 0.4) is 0 Å². The molecule has 2 aromatic rings. The Morgan fingerprint density at radius 1 is 0.793 bits per heavy atom. The van der Waals surface area contributed by atoms with Crippen molar-refractivity contribution < 1.29 is 13.2 Å². The lowest BCUT2D eigenvalue weighted by atomic mass is 10.1. The van der Waals surface area contributed by atoms with Crippen molar-refractivity contribution in [2.24, 2.45) is 0 Å². The van der Waals surface area contributed by atoms with Crippen LogP contribution in [0, 0.1) is 0 Å². The molecule has 0 bridgehead atoms. The van der Waals surface area contributed by atoms with Crippen molar-refractivity contribution in [3.63, 3.8) is 0 Å². The second-order valence-corrected chi connectivity index (χ2v) is 9.60. The summed E-state index contributed by atoms with van der Waals surface area (Å²) in [5, 5.41) is 0. The quantitative estimate of drug-likeness (QED) is 0.756. The van der Waals surface area contributed by atoms with Gasteiger partial charge in [0.25, 0.3) is 0 Å². The number of rotatable bonds is 5. The maximum atomic E-state index is 13.0. The molecule has 1 amide bonds. The van der Waals surface area contributed by atoms with Crippen LogP contribution in [0.2, 0.25) is 0 Å². The largest absolute Gasteiger partial charge is 0.312 e. The van der Waals surface area contributed by atoms with E-state index < -0.39 is 10.0 Å². The first-order valence-electron chi connectivity index (χ1n) is 10.2. The fraction of sp³-hybridized carbons (Fsp3) is 0.409. The third kappa shape index (κ3) is 4.52. The molecule has 29 heavy (non-hydrogen) atoms. The molecule has 0 unspecified atom stereocenters. The number of amides is 1. The van der Waals surface area contributed by atoms with E-state index in [1.54, 1.807) is 33.5 Å². The number of hydrogen-bond acceptors (Lipinski definition) is 4. The number of hydrogen-bond donors (Lipinski definition) is 0. The van der Waals surface area contributed by atoms with Gasteiger partial charge in [0.15, 0.2) is 0 Å². The van der Waals surface area contributed by atoms with Crippen molar-refractivity contribution in [2.75, 3.05) is 37.6 Å². The molecule has 2 saturated heterocycles. The summed E-state index contributed by atoms with van der Waals surface area (Å²) in [6, 6.07) is 17.0. The molecule has 0 saturated carbocycles. The molecule has 0 radical (unpaired) electrons. The first-order valence-corrected chi connectivity index (χ1v) is 11.6. The van der Waals surface area contributed by atoms with Crippen LogP contribution in [0.5, 0.6) is 0 Å². The highest BCUT2D eigenvalue weighted by atomic mass is 32.2. The van der Waals surface area contributed by atoms with E-state index in [9.17, 15) is 13.2 Å². The third-order valence-corrected chi connectivity index (χ3v) is 7.60. The zero-order chi connectivity index (χ0) is 20.3. The molecule has 0 atom stereocenters. The minimum Gasteiger partial charge on any atom is -0.312 e. The normalized spacial score (nSPS) is 19.4. The molecule has 4 rings (SSSR count). The van der Waals surface area contributed by atoms with Gasteiger partial charge in [-0.2, -0.15) is 4.31 Å². The van der Waals surface area contributed by atoms with Crippen molar-refractivity contribution in [1.29, 1.82) is 0 Å². The fourth-order valence-electron chi connectivity index (χ4n) is 4.00. The van der Waals surface area contributed by atoms with Crippen LogP contribution < -0.4 is 4.90 Å². The van der Waals surface area contributed by atoms with E-state index in [4.69, 9.17) is 0 Å². The minimum absolute atomic E-state index is 0.112. The lowest BCUT2D eigenvalue weighted by Crippen LogP contribution is -2.48. The van der Waals surface area contributed by atoms with E-state index in [0.29, 0.717) is 44.0 Å². The van der Waals surface area contributed by atoms with Crippen LogP contribution in [-0.4, -0.2) is 56.3 Å². The van der Waals surface area contributed by atoms with Gasteiger partial charge in [-0.3, -0.25) is 9.69 Å². The Morgan fingerprint density at radius 3 is 2.14 bits per heavy atom. The number of benzene rings is 2. The Morgan fingerprint density at radius 2 is 1.48 bits per heavy atom. The van der Waals surface area contributed by atoms with Crippen molar-refractivity contribution in [2.45, 2.75) is 30.7 Å². The molecule has 2 aromatic carbocycles. The highest BCUT2D eigenvalue weighted by Gasteiger charge is 2.29. The second-order valence-electron chi connectivity index (χ2n) is 7.66. The van der Waals surface area contributed by atoms with Crippen LogP contribution in [0.1, 0.15) is 24.8 Å². The van der Waals surface area contributed by atoms with Crippen LogP contribution >= 0.6 is 0 Å². The number of nitrogens with zero attached hydrogens (tertiary/aromatic N) is 3. The number of piperazine rings is 1. The van der Waals surface area contributed by atoms with Gasteiger partial charge < -0.3 is 4.90 Å². The van der Waals surface area contributed by atoms with Crippen molar-refractivity contribution in [3.8, 4) is 0 Å². The molecule has 0 spiro atoms. The molecule has 0 aliphatic carbocycles. The zero-order valence-electron chi connectivity index (χ0n) is 16.5. The Balaban J connectivity index is 1.39. The lowest BCUT2D eigenvalue weighted by Gasteiger charge is -2.34. The van der Waals surface area contributed by atoms with Crippen LogP contribution in [0.4, 0.5) is 5.69 Å². The number of piperidine rings is 1. The van der Waals surface area contributed by atoms with Crippen LogP contribution in [0.15, 0.2) is 59.5 Å². The van der Waals surface area contributed by atoms with E-state index >= 15 is 0 Å². The first kappa shape index (κ1) is 20.1. The number of anilines is 1. The van der Waals surface area contributed by atoms with E-state index in [2.05, 4.69) is 17.0 Å². The molecule has 0 N–H and O–H groups in total. The molecular formula is C22H27N3O3S. The van der Waals surface area contributed by atoms with E-state index in [-0.39, 0.29) is 5.91 Å². The fourth-order valence-corrected chi connectivity index (χ4v) is 5.42. The molecule has 2 aliphatic heterocycles. The van der Waals surface area contributed by atoms with Gasteiger partial charge in [0, 0.05) is 51.4 Å². The molecule has 7 heteroatoms. The summed E-state index contributed by atoms with van der Waals surface area (Å²) in [6.07, 6.45) is 2.48. The maximum absolute atomic E-state index is 13.0. The van der Waals surface area contributed by atoms with Crippen molar-refractivity contribution in [3.05, 3.63) is 60.2 Å². The zero-order valence-corrected chi connectivity index (χ0v) is 17.4. The van der Waals surface area contributed by atoms with Crippen molar-refractivity contribution >= 4 is 21.6 Å². The van der Waals surface area contributed by atoms with Gasteiger partial charge in [-0.05, 0) is 42.7 Å². The predicted molar refractivity (Wildman–Crippen MR) is 113 cm³/mol. The number of sulfonamides is 1. The Bertz CT molecular complexity index is 937. The highest BCUT2D eigenvalue weighted by Crippen LogP contribution is 2.24. The first-order chi connectivity index (χ1) is 14.0. The number of carbonyl (C=O) groups is 1. The highest BCUT2D eigenvalue weighted by molar-refractivity contribution is 7.89. The lowest BCUT2D eigenvalue weighted by molar-refractivity contribution is -0.119. The summed E-state index contributed by atoms with van der Waals surface area (Å²) in [5.41, 5.74) is 2.02. The van der Waals surface area contributed by atoms with Crippen LogP contribution in [0.25, 0.3) is 0 Å². The van der Waals surface area contributed by atoms with Gasteiger partial charge in [-0.15, -0.1) is 0 Å². The smallest absolute Gasteiger partial charge is 0.243 e. The van der Waals surface area contributed by atoms with Gasteiger partial charge in [0.2, 0.25) is 15.9 Å². The van der Waals surface area contributed by atoms with Crippen molar-refractivity contribution in [1.82, 2.24) is 9.21 Å². The standard InChI is InChI=1S/C22H27N3O3S/c26-22-8-4-5-13-25(22)20-9-11-21(12-10-20)29(27,28)24-16-14-23(15-17-24)18-19-6-2-1-3-7-19/h1-3,6-7,9-12H,4-5,8,13-18H2. The molecule has 154 valence electrons. The van der Waals surface area contributed by atoms with Crippen LogP contribution in [-0.2, 0) is 21.4 Å². The second kappa shape index (κ2) is 8.65. The Kier molecular flexibility index (Phi) is 5.99. The molecule has 6 nitrogen and oxygen atoms in total. The van der Waals surface area contributed by atoms with Gasteiger partial charge in [0.1, 0.15) is 0 Å².